The predicted octanol–water partition coefficient (Wildman–Crippen LogP) is 4.18. The Balaban J connectivity index is 1.58. The zero-order valence-corrected chi connectivity index (χ0v) is 16.0. The molecule has 0 bridgehead atoms. The minimum Gasteiger partial charge on any atom is -0.457 e. The lowest BCUT2D eigenvalue weighted by atomic mass is 9.88. The number of nitrogens with one attached hydrogen (secondary N) is 1. The van der Waals surface area contributed by atoms with Gasteiger partial charge in [0.1, 0.15) is 23.2 Å². The highest BCUT2D eigenvalue weighted by Gasteiger charge is 2.35. The number of aromatic nitrogens is 1. The van der Waals surface area contributed by atoms with Gasteiger partial charge in [0, 0.05) is 17.2 Å². The molecule has 0 saturated heterocycles. The SMILES string of the molecule is CCC(OC(=O)C1c2ccccc2Oc2ccccc21)C(=O)Nc1cc(C)on1. The van der Waals surface area contributed by atoms with Crippen LogP contribution in [0.2, 0.25) is 0 Å². The molecule has 1 aliphatic heterocycles. The van der Waals surface area contributed by atoms with Crippen LogP contribution in [0, 0.1) is 6.92 Å². The molecule has 2 aromatic carbocycles. The molecule has 0 saturated carbocycles. The van der Waals surface area contributed by atoms with Crippen molar-refractivity contribution in [3.63, 3.8) is 0 Å². The number of carbonyl (C=O) groups is 2. The average molecular weight is 392 g/mol. The van der Waals surface area contributed by atoms with Gasteiger partial charge in [0.05, 0.1) is 0 Å². The first kappa shape index (κ1) is 18.7. The van der Waals surface area contributed by atoms with Crippen molar-refractivity contribution in [3.05, 3.63) is 71.5 Å². The van der Waals surface area contributed by atoms with Crippen molar-refractivity contribution < 1.29 is 23.6 Å². The second kappa shape index (κ2) is 7.79. The summed E-state index contributed by atoms with van der Waals surface area (Å²) in [7, 11) is 0. The molecule has 1 amide bonds. The van der Waals surface area contributed by atoms with E-state index in [4.69, 9.17) is 14.0 Å². The van der Waals surface area contributed by atoms with Crippen LogP contribution in [-0.4, -0.2) is 23.1 Å². The average Bonchev–Trinajstić information content (AvgIpc) is 3.14. The lowest BCUT2D eigenvalue weighted by molar-refractivity contribution is -0.155. The largest absolute Gasteiger partial charge is 0.457 e. The Bertz CT molecular complexity index is 1010. The molecule has 3 aromatic rings. The first-order chi connectivity index (χ1) is 14.1. The Morgan fingerprint density at radius 3 is 2.28 bits per heavy atom. The molecule has 0 spiro atoms. The van der Waals surface area contributed by atoms with Crippen LogP contribution in [0.3, 0.4) is 0 Å². The van der Waals surface area contributed by atoms with Gasteiger partial charge in [-0.25, -0.2) is 0 Å². The normalized spacial score (nSPS) is 13.6. The van der Waals surface area contributed by atoms with Gasteiger partial charge in [0.25, 0.3) is 5.91 Å². The summed E-state index contributed by atoms with van der Waals surface area (Å²) in [5.74, 6) is 0.415. The molecule has 29 heavy (non-hydrogen) atoms. The number of benzene rings is 2. The lowest BCUT2D eigenvalue weighted by Crippen LogP contribution is -2.34. The molecular formula is C22H20N2O5. The molecule has 4 rings (SSSR count). The van der Waals surface area contributed by atoms with E-state index in [1.165, 1.54) is 0 Å². The molecule has 2 heterocycles. The van der Waals surface area contributed by atoms with Crippen LogP contribution >= 0.6 is 0 Å². The summed E-state index contributed by atoms with van der Waals surface area (Å²) in [5.41, 5.74) is 1.41. The molecule has 0 radical (unpaired) electrons. The second-order valence-electron chi connectivity index (χ2n) is 6.76. The number of nitrogens with zero attached hydrogens (tertiary/aromatic N) is 1. The quantitative estimate of drug-likeness (QED) is 0.655. The van der Waals surface area contributed by atoms with Gasteiger partial charge >= 0.3 is 5.97 Å². The predicted molar refractivity (Wildman–Crippen MR) is 105 cm³/mol. The van der Waals surface area contributed by atoms with Crippen LogP contribution in [0.4, 0.5) is 5.82 Å². The maximum absolute atomic E-state index is 13.2. The highest BCUT2D eigenvalue weighted by atomic mass is 16.5. The van der Waals surface area contributed by atoms with Gasteiger partial charge < -0.3 is 19.3 Å². The number of esters is 1. The van der Waals surface area contributed by atoms with Crippen molar-refractivity contribution in [1.82, 2.24) is 5.16 Å². The van der Waals surface area contributed by atoms with Crippen LogP contribution < -0.4 is 10.1 Å². The summed E-state index contributed by atoms with van der Waals surface area (Å²) in [6.45, 7) is 3.50. The third kappa shape index (κ3) is 3.71. The van der Waals surface area contributed by atoms with Crippen LogP contribution in [0.1, 0.15) is 36.1 Å². The molecular weight excluding hydrogens is 372 g/mol. The zero-order chi connectivity index (χ0) is 20.4. The van der Waals surface area contributed by atoms with Crippen LogP contribution in [0.5, 0.6) is 11.5 Å². The topological polar surface area (TPSA) is 90.7 Å². The minimum absolute atomic E-state index is 0.281. The number of aryl methyl sites for hydroxylation is 1. The van der Waals surface area contributed by atoms with Crippen molar-refractivity contribution in [2.45, 2.75) is 32.3 Å². The van der Waals surface area contributed by atoms with Crippen molar-refractivity contribution in [3.8, 4) is 11.5 Å². The number of hydrogen-bond donors (Lipinski definition) is 1. The number of fused-ring (bicyclic) bond motifs is 2. The van der Waals surface area contributed by atoms with Crippen molar-refractivity contribution in [2.75, 3.05) is 5.32 Å². The molecule has 1 aromatic heterocycles. The van der Waals surface area contributed by atoms with Crippen molar-refractivity contribution >= 4 is 17.7 Å². The smallest absolute Gasteiger partial charge is 0.319 e. The second-order valence-corrected chi connectivity index (χ2v) is 6.76. The molecule has 7 nitrogen and oxygen atoms in total. The third-order valence-corrected chi connectivity index (χ3v) is 4.72. The summed E-state index contributed by atoms with van der Waals surface area (Å²) in [4.78, 5) is 25.7. The lowest BCUT2D eigenvalue weighted by Gasteiger charge is -2.28. The summed E-state index contributed by atoms with van der Waals surface area (Å²) >= 11 is 0. The summed E-state index contributed by atoms with van der Waals surface area (Å²) in [5, 5.41) is 6.35. The Kier molecular flexibility index (Phi) is 5.03. The standard InChI is InChI=1S/C22H20N2O5/c1-3-16(21(25)23-19-12-13(2)29-24-19)28-22(26)20-14-8-4-6-10-17(14)27-18-11-7-5-9-15(18)20/h4-12,16,20H,3H2,1-2H3,(H,23,24,25). The van der Waals surface area contributed by atoms with Crippen molar-refractivity contribution in [1.29, 1.82) is 0 Å². The number of carbonyl (C=O) groups excluding carboxylic acids is 2. The Labute approximate surface area is 167 Å². The first-order valence-corrected chi connectivity index (χ1v) is 9.37. The highest BCUT2D eigenvalue weighted by molar-refractivity contribution is 5.95. The van der Waals surface area contributed by atoms with Gasteiger partial charge in [-0.15, -0.1) is 0 Å². The Hall–Kier alpha value is -3.61. The monoisotopic (exact) mass is 392 g/mol. The first-order valence-electron chi connectivity index (χ1n) is 9.37. The number of amides is 1. The summed E-state index contributed by atoms with van der Waals surface area (Å²) < 4.78 is 16.5. The van der Waals surface area contributed by atoms with Gasteiger partial charge in [-0.05, 0) is 25.5 Å². The summed E-state index contributed by atoms with van der Waals surface area (Å²) in [6.07, 6.45) is -0.636. The third-order valence-electron chi connectivity index (χ3n) is 4.72. The maximum Gasteiger partial charge on any atom is 0.319 e. The van der Waals surface area contributed by atoms with E-state index in [1.54, 1.807) is 19.9 Å². The highest BCUT2D eigenvalue weighted by Crippen LogP contribution is 2.44. The number of anilines is 1. The van der Waals surface area contributed by atoms with Gasteiger partial charge in [-0.3, -0.25) is 9.59 Å². The van der Waals surface area contributed by atoms with E-state index in [1.807, 2.05) is 48.5 Å². The molecule has 0 aliphatic carbocycles. The Morgan fingerprint density at radius 1 is 1.10 bits per heavy atom. The van der Waals surface area contributed by atoms with E-state index in [9.17, 15) is 9.59 Å². The van der Waals surface area contributed by atoms with E-state index in [2.05, 4.69) is 10.5 Å². The van der Waals surface area contributed by atoms with Crippen LogP contribution in [-0.2, 0) is 14.3 Å². The van der Waals surface area contributed by atoms with E-state index >= 15 is 0 Å². The molecule has 148 valence electrons. The fourth-order valence-corrected chi connectivity index (χ4v) is 3.33. The maximum atomic E-state index is 13.2. The molecule has 0 fully saturated rings. The fraction of sp³-hybridized carbons (Fsp3) is 0.227. The fourth-order valence-electron chi connectivity index (χ4n) is 3.33. The molecule has 7 heteroatoms. The van der Waals surface area contributed by atoms with Crippen LogP contribution in [0.25, 0.3) is 0 Å². The van der Waals surface area contributed by atoms with Gasteiger partial charge in [-0.2, -0.15) is 0 Å². The number of ether oxygens (including phenoxy) is 2. The number of hydrogen-bond acceptors (Lipinski definition) is 6. The Morgan fingerprint density at radius 2 is 1.72 bits per heavy atom. The van der Waals surface area contributed by atoms with Gasteiger partial charge in [0.15, 0.2) is 11.9 Å². The summed E-state index contributed by atoms with van der Waals surface area (Å²) in [6, 6.07) is 16.2. The molecule has 1 aliphatic rings. The van der Waals surface area contributed by atoms with Crippen LogP contribution in [0.15, 0.2) is 59.1 Å². The van der Waals surface area contributed by atoms with Gasteiger partial charge in [-0.1, -0.05) is 48.5 Å². The minimum atomic E-state index is -0.957. The van der Waals surface area contributed by atoms with E-state index in [0.717, 1.165) is 0 Å². The van der Waals surface area contributed by atoms with E-state index < -0.39 is 23.9 Å². The zero-order valence-electron chi connectivity index (χ0n) is 16.0. The van der Waals surface area contributed by atoms with Gasteiger partial charge in [0.2, 0.25) is 0 Å². The van der Waals surface area contributed by atoms with Crippen molar-refractivity contribution in [2.24, 2.45) is 0 Å². The number of rotatable bonds is 5. The van der Waals surface area contributed by atoms with E-state index in [-0.39, 0.29) is 5.82 Å². The molecule has 1 unspecified atom stereocenters. The van der Waals surface area contributed by atoms with E-state index in [0.29, 0.717) is 34.8 Å². The number of para-hydroxylation sites is 2. The molecule has 1 atom stereocenters. The molecule has 1 N–H and O–H groups in total.